The van der Waals surface area contributed by atoms with E-state index in [0.717, 1.165) is 17.2 Å². The van der Waals surface area contributed by atoms with Crippen LogP contribution < -0.4 is 0 Å². The zero-order valence-corrected chi connectivity index (χ0v) is 21.9. The van der Waals surface area contributed by atoms with Crippen molar-refractivity contribution in [3.05, 3.63) is 119 Å². The summed E-state index contributed by atoms with van der Waals surface area (Å²) in [6, 6.07) is 27.0. The van der Waals surface area contributed by atoms with Gasteiger partial charge in [0.15, 0.2) is 5.76 Å². The molecule has 0 aliphatic rings. The lowest BCUT2D eigenvalue weighted by Crippen LogP contribution is -2.06. The molecular formula is C30H17Cl2F3N4O. The lowest BCUT2D eigenvalue weighted by Gasteiger charge is -2.10. The molecule has 5 nitrogen and oxygen atoms in total. The predicted octanol–water partition coefficient (Wildman–Crippen LogP) is 9.25. The molecular weight excluding hydrogens is 560 g/mol. The Bertz CT molecular complexity index is 1730. The zero-order chi connectivity index (χ0) is 27.9. The first kappa shape index (κ1) is 25.9. The fraction of sp³-hybridized carbons (Fsp3) is 0.0333. The van der Waals surface area contributed by atoms with Gasteiger partial charge in [-0.1, -0.05) is 58.7 Å². The topological polar surface area (TPSA) is 56.7 Å². The van der Waals surface area contributed by atoms with Crippen molar-refractivity contribution in [2.45, 2.75) is 6.18 Å². The minimum atomic E-state index is -4.51. The molecule has 4 aromatic carbocycles. The molecule has 0 saturated carbocycles. The smallest absolute Gasteiger partial charge is 0.417 e. The molecule has 0 atom stereocenters. The van der Waals surface area contributed by atoms with Crippen LogP contribution in [0.25, 0.3) is 51.0 Å². The first-order chi connectivity index (χ1) is 19.3. The van der Waals surface area contributed by atoms with Crippen molar-refractivity contribution < 1.29 is 17.6 Å². The van der Waals surface area contributed by atoms with E-state index in [9.17, 15) is 13.2 Å². The van der Waals surface area contributed by atoms with Gasteiger partial charge in [-0.15, -0.1) is 5.10 Å². The summed E-state index contributed by atoms with van der Waals surface area (Å²) >= 11 is 12.2. The highest BCUT2D eigenvalue weighted by molar-refractivity contribution is 6.31. The van der Waals surface area contributed by atoms with Gasteiger partial charge in [-0.25, -0.2) is 9.67 Å². The molecule has 10 heteroatoms. The molecule has 40 heavy (non-hydrogen) atoms. The number of halogens is 5. The van der Waals surface area contributed by atoms with Gasteiger partial charge >= 0.3 is 6.18 Å². The average molecular weight is 577 g/mol. The van der Waals surface area contributed by atoms with Crippen LogP contribution >= 0.6 is 23.2 Å². The zero-order valence-electron chi connectivity index (χ0n) is 20.4. The second-order valence-corrected chi connectivity index (χ2v) is 9.72. The third kappa shape index (κ3) is 5.11. The fourth-order valence-corrected chi connectivity index (χ4v) is 4.52. The normalized spacial score (nSPS) is 11.6. The highest BCUT2D eigenvalue weighted by atomic mass is 35.5. The minimum Gasteiger partial charge on any atom is -0.435 e. The first-order valence-corrected chi connectivity index (χ1v) is 12.7. The van der Waals surface area contributed by atoms with E-state index in [-0.39, 0.29) is 11.3 Å². The van der Waals surface area contributed by atoms with E-state index in [4.69, 9.17) is 32.6 Å². The van der Waals surface area contributed by atoms with Crippen LogP contribution in [-0.2, 0) is 6.18 Å². The SMILES string of the molecule is FC(F)(F)c1ccccc1-c1cn(-c2ccc(-c3nc(-c4ccc(Cl)cc4)c(-c4ccc(Cl)cc4)o3)cc2)nn1. The summed E-state index contributed by atoms with van der Waals surface area (Å²) in [5, 5.41) is 9.22. The maximum Gasteiger partial charge on any atom is 0.417 e. The summed E-state index contributed by atoms with van der Waals surface area (Å²) in [6.45, 7) is 0. The number of hydrogen-bond donors (Lipinski definition) is 0. The second-order valence-electron chi connectivity index (χ2n) is 8.85. The Morgan fingerprint density at radius 1 is 0.700 bits per heavy atom. The molecule has 2 aromatic heterocycles. The molecule has 0 saturated heterocycles. The number of alkyl halides is 3. The fourth-order valence-electron chi connectivity index (χ4n) is 4.27. The molecule has 6 rings (SSSR count). The van der Waals surface area contributed by atoms with Gasteiger partial charge in [0.1, 0.15) is 11.4 Å². The van der Waals surface area contributed by atoms with E-state index in [2.05, 4.69) is 10.3 Å². The van der Waals surface area contributed by atoms with E-state index in [1.165, 1.54) is 29.1 Å². The largest absolute Gasteiger partial charge is 0.435 e. The molecule has 0 unspecified atom stereocenters. The molecule has 0 spiro atoms. The summed E-state index contributed by atoms with van der Waals surface area (Å²) < 4.78 is 48.1. The highest BCUT2D eigenvalue weighted by Gasteiger charge is 2.34. The third-order valence-electron chi connectivity index (χ3n) is 6.23. The Morgan fingerprint density at radius 3 is 1.95 bits per heavy atom. The van der Waals surface area contributed by atoms with Crippen LogP contribution in [0.3, 0.4) is 0 Å². The molecule has 0 aliphatic carbocycles. The standard InChI is InChI=1S/C30H17Cl2F3N4O/c31-21-11-5-18(6-12-21)27-28(19-7-13-22(32)14-8-19)40-29(36-27)20-9-15-23(16-10-20)39-17-26(37-38-39)24-3-1-2-4-25(24)30(33,34)35/h1-17H. The van der Waals surface area contributed by atoms with Gasteiger partial charge in [-0.2, -0.15) is 13.2 Å². The Balaban J connectivity index is 1.34. The van der Waals surface area contributed by atoms with Crippen molar-refractivity contribution in [1.29, 1.82) is 0 Å². The summed E-state index contributed by atoms with van der Waals surface area (Å²) in [7, 11) is 0. The van der Waals surface area contributed by atoms with Gasteiger partial charge in [0.05, 0.1) is 17.4 Å². The molecule has 0 aliphatic heterocycles. The maximum atomic E-state index is 13.5. The first-order valence-electron chi connectivity index (χ1n) is 12.0. The van der Waals surface area contributed by atoms with Crippen molar-refractivity contribution in [2.24, 2.45) is 0 Å². The molecule has 0 amide bonds. The molecule has 0 N–H and O–H groups in total. The number of hydrogen-bond acceptors (Lipinski definition) is 4. The lowest BCUT2D eigenvalue weighted by molar-refractivity contribution is -0.137. The van der Waals surface area contributed by atoms with Gasteiger partial charge in [0.25, 0.3) is 0 Å². The monoisotopic (exact) mass is 576 g/mol. The third-order valence-corrected chi connectivity index (χ3v) is 6.74. The average Bonchev–Trinajstić information content (AvgIpc) is 3.62. The number of aromatic nitrogens is 4. The second kappa shape index (κ2) is 10.3. The van der Waals surface area contributed by atoms with Gasteiger partial charge in [0.2, 0.25) is 5.89 Å². The van der Waals surface area contributed by atoms with Crippen LogP contribution in [0, 0.1) is 0 Å². The lowest BCUT2D eigenvalue weighted by atomic mass is 10.0. The molecule has 6 aromatic rings. The van der Waals surface area contributed by atoms with Crippen molar-refractivity contribution in [1.82, 2.24) is 20.0 Å². The van der Waals surface area contributed by atoms with Crippen LogP contribution in [0.2, 0.25) is 10.0 Å². The maximum absolute atomic E-state index is 13.5. The van der Waals surface area contributed by atoms with E-state index >= 15 is 0 Å². The number of rotatable bonds is 5. The van der Waals surface area contributed by atoms with Crippen molar-refractivity contribution in [2.75, 3.05) is 0 Å². The summed E-state index contributed by atoms with van der Waals surface area (Å²) in [5.74, 6) is 0.960. The van der Waals surface area contributed by atoms with Crippen molar-refractivity contribution in [3.63, 3.8) is 0 Å². The predicted molar refractivity (Wildman–Crippen MR) is 148 cm³/mol. The van der Waals surface area contributed by atoms with Gasteiger partial charge in [0, 0.05) is 32.3 Å². The van der Waals surface area contributed by atoms with E-state index in [1.807, 2.05) is 24.3 Å². The molecule has 0 bridgehead atoms. The van der Waals surface area contributed by atoms with Gasteiger partial charge in [-0.05, 0) is 66.7 Å². The Hall–Kier alpha value is -4.40. The number of benzene rings is 4. The quantitative estimate of drug-likeness (QED) is 0.205. The summed E-state index contributed by atoms with van der Waals surface area (Å²) in [6.07, 6.45) is -3.05. The molecule has 198 valence electrons. The van der Waals surface area contributed by atoms with Crippen LogP contribution in [0.5, 0.6) is 0 Å². The summed E-state index contributed by atoms with van der Waals surface area (Å²) in [4.78, 5) is 4.77. The molecule has 2 heterocycles. The van der Waals surface area contributed by atoms with Crippen LogP contribution in [0.4, 0.5) is 13.2 Å². The molecule has 0 fully saturated rings. The van der Waals surface area contributed by atoms with E-state index in [0.29, 0.717) is 38.6 Å². The Kier molecular flexibility index (Phi) is 6.65. The van der Waals surface area contributed by atoms with Crippen LogP contribution in [0.1, 0.15) is 5.56 Å². The minimum absolute atomic E-state index is 0.0397. The number of nitrogens with zero attached hydrogens (tertiary/aromatic N) is 4. The van der Waals surface area contributed by atoms with Crippen LogP contribution in [0.15, 0.2) is 108 Å². The van der Waals surface area contributed by atoms with Crippen molar-refractivity contribution in [3.8, 4) is 51.0 Å². The Labute approximate surface area is 236 Å². The van der Waals surface area contributed by atoms with Crippen LogP contribution in [-0.4, -0.2) is 20.0 Å². The van der Waals surface area contributed by atoms with Crippen molar-refractivity contribution >= 4 is 23.2 Å². The van der Waals surface area contributed by atoms with E-state index < -0.39 is 11.7 Å². The number of oxazole rings is 1. The van der Waals surface area contributed by atoms with Gasteiger partial charge < -0.3 is 4.42 Å². The molecule has 0 radical (unpaired) electrons. The summed E-state index contributed by atoms with van der Waals surface area (Å²) in [5.41, 5.74) is 2.88. The van der Waals surface area contributed by atoms with Gasteiger partial charge in [-0.3, -0.25) is 0 Å². The highest BCUT2D eigenvalue weighted by Crippen LogP contribution is 2.38. The Morgan fingerprint density at radius 2 is 1.30 bits per heavy atom. The van der Waals surface area contributed by atoms with E-state index in [1.54, 1.807) is 48.5 Å².